The van der Waals surface area contributed by atoms with E-state index >= 15 is 0 Å². The van der Waals surface area contributed by atoms with Gasteiger partial charge in [0.05, 0.1) is 6.54 Å². The number of carbonyl (C=O) groups is 1. The quantitative estimate of drug-likeness (QED) is 0.765. The first-order valence-corrected chi connectivity index (χ1v) is 5.34. The van der Waals surface area contributed by atoms with E-state index in [0.717, 1.165) is 5.56 Å². The van der Waals surface area contributed by atoms with Crippen molar-refractivity contribution in [2.75, 3.05) is 6.54 Å². The van der Waals surface area contributed by atoms with Crippen LogP contribution in [0.2, 0.25) is 0 Å². The topological polar surface area (TPSA) is 29.1 Å². The monoisotopic (exact) mass is 205 g/mol. The summed E-state index contributed by atoms with van der Waals surface area (Å²) in [7, 11) is 0. The van der Waals surface area contributed by atoms with E-state index in [9.17, 15) is 4.79 Å². The Labute approximate surface area is 91.7 Å². The Morgan fingerprint density at radius 3 is 2.47 bits per heavy atom. The molecule has 0 amide bonds. The molecule has 0 bridgehead atoms. The van der Waals surface area contributed by atoms with Crippen LogP contribution in [0.4, 0.5) is 0 Å². The molecule has 0 aliphatic heterocycles. The Kier molecular flexibility index (Phi) is 4.04. The lowest BCUT2D eigenvalue weighted by Gasteiger charge is -2.08. The second kappa shape index (κ2) is 5.08. The maximum Gasteiger partial charge on any atom is 0.176 e. The summed E-state index contributed by atoms with van der Waals surface area (Å²) >= 11 is 0. The van der Waals surface area contributed by atoms with Crippen LogP contribution in [0.1, 0.15) is 35.3 Å². The van der Waals surface area contributed by atoms with E-state index in [1.165, 1.54) is 11.1 Å². The zero-order valence-corrected chi connectivity index (χ0v) is 9.92. The van der Waals surface area contributed by atoms with Gasteiger partial charge in [0.15, 0.2) is 5.78 Å². The molecule has 0 aliphatic rings. The summed E-state index contributed by atoms with van der Waals surface area (Å²) in [6.45, 7) is 8.57. The van der Waals surface area contributed by atoms with E-state index < -0.39 is 0 Å². The number of carbonyl (C=O) groups excluding carboxylic acids is 1. The van der Waals surface area contributed by atoms with E-state index in [2.05, 4.69) is 12.2 Å². The Bertz CT molecular complexity index is 356. The number of benzene rings is 1. The van der Waals surface area contributed by atoms with Gasteiger partial charge in [-0.2, -0.15) is 0 Å². The minimum atomic E-state index is 0.159. The van der Waals surface area contributed by atoms with Crippen molar-refractivity contribution in [2.24, 2.45) is 0 Å². The predicted molar refractivity (Wildman–Crippen MR) is 63.4 cm³/mol. The SMILES string of the molecule is Cc1ccc(C(=O)CNC(C)C)cc1C. The molecule has 0 atom stereocenters. The van der Waals surface area contributed by atoms with Crippen LogP contribution < -0.4 is 5.32 Å². The molecule has 0 radical (unpaired) electrons. The highest BCUT2D eigenvalue weighted by Crippen LogP contribution is 2.10. The molecule has 15 heavy (non-hydrogen) atoms. The highest BCUT2D eigenvalue weighted by molar-refractivity contribution is 5.97. The average Bonchev–Trinajstić information content (AvgIpc) is 2.18. The summed E-state index contributed by atoms with van der Waals surface area (Å²) in [6.07, 6.45) is 0. The summed E-state index contributed by atoms with van der Waals surface area (Å²) in [4.78, 5) is 11.8. The van der Waals surface area contributed by atoms with E-state index in [4.69, 9.17) is 0 Å². The van der Waals surface area contributed by atoms with Gasteiger partial charge in [-0.05, 0) is 31.0 Å². The van der Waals surface area contributed by atoms with Crippen LogP contribution in [0, 0.1) is 13.8 Å². The zero-order chi connectivity index (χ0) is 11.4. The lowest BCUT2D eigenvalue weighted by Crippen LogP contribution is -2.29. The van der Waals surface area contributed by atoms with E-state index in [1.54, 1.807) is 0 Å². The van der Waals surface area contributed by atoms with Gasteiger partial charge >= 0.3 is 0 Å². The summed E-state index contributed by atoms with van der Waals surface area (Å²) in [5.41, 5.74) is 3.19. The fourth-order valence-electron chi connectivity index (χ4n) is 1.31. The average molecular weight is 205 g/mol. The number of ketones is 1. The van der Waals surface area contributed by atoms with Gasteiger partial charge < -0.3 is 5.32 Å². The molecule has 1 aromatic rings. The number of hydrogen-bond acceptors (Lipinski definition) is 2. The van der Waals surface area contributed by atoms with Crippen molar-refractivity contribution in [1.82, 2.24) is 5.32 Å². The third kappa shape index (κ3) is 3.48. The van der Waals surface area contributed by atoms with Crippen molar-refractivity contribution in [1.29, 1.82) is 0 Å². The second-order valence-electron chi connectivity index (χ2n) is 4.26. The van der Waals surface area contributed by atoms with Gasteiger partial charge in [0.1, 0.15) is 0 Å². The van der Waals surface area contributed by atoms with Gasteiger partial charge in [-0.25, -0.2) is 0 Å². The molecule has 0 saturated heterocycles. The van der Waals surface area contributed by atoms with Crippen molar-refractivity contribution in [3.63, 3.8) is 0 Å². The molecule has 0 fully saturated rings. The molecule has 0 aromatic heterocycles. The van der Waals surface area contributed by atoms with Crippen molar-refractivity contribution in [2.45, 2.75) is 33.7 Å². The van der Waals surface area contributed by atoms with Gasteiger partial charge in [-0.1, -0.05) is 26.0 Å². The maximum atomic E-state index is 11.8. The van der Waals surface area contributed by atoms with E-state index in [-0.39, 0.29) is 5.78 Å². The van der Waals surface area contributed by atoms with Crippen LogP contribution in [-0.4, -0.2) is 18.4 Å². The molecule has 2 nitrogen and oxygen atoms in total. The Hall–Kier alpha value is -1.15. The van der Waals surface area contributed by atoms with Gasteiger partial charge in [0.25, 0.3) is 0 Å². The summed E-state index contributed by atoms with van der Waals surface area (Å²) in [5, 5.41) is 3.13. The number of Topliss-reactive ketones (excluding diaryl/α,β-unsaturated/α-hetero) is 1. The fraction of sp³-hybridized carbons (Fsp3) is 0.462. The molecule has 0 aliphatic carbocycles. The normalized spacial score (nSPS) is 10.7. The molecule has 0 spiro atoms. The van der Waals surface area contributed by atoms with Crippen LogP contribution in [0.3, 0.4) is 0 Å². The van der Waals surface area contributed by atoms with Crippen molar-refractivity contribution in [3.05, 3.63) is 34.9 Å². The lowest BCUT2D eigenvalue weighted by molar-refractivity contribution is 0.0988. The van der Waals surface area contributed by atoms with Gasteiger partial charge in [-0.15, -0.1) is 0 Å². The molecule has 1 rings (SSSR count). The zero-order valence-electron chi connectivity index (χ0n) is 9.92. The van der Waals surface area contributed by atoms with Crippen molar-refractivity contribution < 1.29 is 4.79 Å². The van der Waals surface area contributed by atoms with Crippen molar-refractivity contribution >= 4 is 5.78 Å². The maximum absolute atomic E-state index is 11.8. The van der Waals surface area contributed by atoms with E-state index in [0.29, 0.717) is 12.6 Å². The first kappa shape index (κ1) is 11.9. The number of nitrogens with one attached hydrogen (secondary N) is 1. The third-order valence-electron chi connectivity index (χ3n) is 2.50. The molecular weight excluding hydrogens is 186 g/mol. The number of rotatable bonds is 4. The molecular formula is C13H19NO. The van der Waals surface area contributed by atoms with Gasteiger partial charge in [0, 0.05) is 11.6 Å². The minimum Gasteiger partial charge on any atom is -0.307 e. The first-order valence-electron chi connectivity index (χ1n) is 5.34. The van der Waals surface area contributed by atoms with E-state index in [1.807, 2.05) is 39.0 Å². The standard InChI is InChI=1S/C13H19NO/c1-9(2)14-8-13(15)12-6-5-10(3)11(4)7-12/h5-7,9,14H,8H2,1-4H3. The third-order valence-corrected chi connectivity index (χ3v) is 2.50. The summed E-state index contributed by atoms with van der Waals surface area (Å²) < 4.78 is 0. The van der Waals surface area contributed by atoms with Crippen LogP contribution in [0.15, 0.2) is 18.2 Å². The summed E-state index contributed by atoms with van der Waals surface area (Å²) in [5.74, 6) is 0.159. The highest BCUT2D eigenvalue weighted by Gasteiger charge is 2.06. The smallest absolute Gasteiger partial charge is 0.176 e. The molecule has 1 N–H and O–H groups in total. The van der Waals surface area contributed by atoms with Crippen molar-refractivity contribution in [3.8, 4) is 0 Å². The number of aryl methyl sites for hydroxylation is 2. The highest BCUT2D eigenvalue weighted by atomic mass is 16.1. The molecule has 1 aromatic carbocycles. The first-order chi connectivity index (χ1) is 7.00. The molecule has 0 unspecified atom stereocenters. The summed E-state index contributed by atoms with van der Waals surface area (Å²) in [6, 6.07) is 6.20. The minimum absolute atomic E-state index is 0.159. The second-order valence-corrected chi connectivity index (χ2v) is 4.26. The Morgan fingerprint density at radius 2 is 1.93 bits per heavy atom. The molecule has 0 heterocycles. The van der Waals surface area contributed by atoms with Crippen LogP contribution in [0.25, 0.3) is 0 Å². The van der Waals surface area contributed by atoms with Crippen LogP contribution >= 0.6 is 0 Å². The number of hydrogen-bond donors (Lipinski definition) is 1. The lowest BCUT2D eigenvalue weighted by atomic mass is 10.0. The van der Waals surface area contributed by atoms with Crippen LogP contribution in [-0.2, 0) is 0 Å². The Morgan fingerprint density at radius 1 is 1.27 bits per heavy atom. The van der Waals surface area contributed by atoms with Gasteiger partial charge in [0.2, 0.25) is 0 Å². The predicted octanol–water partition coefficient (Wildman–Crippen LogP) is 2.48. The molecule has 2 heteroatoms. The largest absolute Gasteiger partial charge is 0.307 e. The molecule has 0 saturated carbocycles. The fourth-order valence-corrected chi connectivity index (χ4v) is 1.31. The molecule has 82 valence electrons. The van der Waals surface area contributed by atoms with Crippen LogP contribution in [0.5, 0.6) is 0 Å². The Balaban J connectivity index is 2.70. The van der Waals surface area contributed by atoms with Gasteiger partial charge in [-0.3, -0.25) is 4.79 Å².